The summed E-state index contributed by atoms with van der Waals surface area (Å²) < 4.78 is 41.6. The van der Waals surface area contributed by atoms with Gasteiger partial charge in [0.15, 0.2) is 0 Å². The molecule has 0 aromatic carbocycles. The quantitative estimate of drug-likeness (QED) is 0.0343. The zero-order valence-electron chi connectivity index (χ0n) is 37.2. The predicted molar refractivity (Wildman–Crippen MR) is 230 cm³/mol. The first-order valence-electron chi connectivity index (χ1n) is 23.2. The summed E-state index contributed by atoms with van der Waals surface area (Å²) in [7, 11) is 0. The Kier molecular flexibility index (Phi) is 36.2. The molecule has 0 saturated carbocycles. The van der Waals surface area contributed by atoms with Crippen LogP contribution in [-0.2, 0) is 20.1 Å². The second-order valence-electron chi connectivity index (χ2n) is 15.9. The van der Waals surface area contributed by atoms with Crippen LogP contribution in [0, 0.1) is 17.8 Å². The van der Waals surface area contributed by atoms with E-state index in [1.54, 1.807) is 0 Å². The summed E-state index contributed by atoms with van der Waals surface area (Å²) in [5, 5.41) is 0. The number of rotatable bonds is 38. The minimum atomic E-state index is -4.81. The number of ether oxygens (including phenoxy) is 2. The molecule has 0 fully saturated rings. The van der Waals surface area contributed by atoms with E-state index in [0.717, 1.165) is 105 Å². The third kappa shape index (κ3) is 26.9. The van der Waals surface area contributed by atoms with Crippen molar-refractivity contribution in [1.29, 1.82) is 0 Å². The molecule has 0 spiro atoms. The molecule has 0 saturated heterocycles. The summed E-state index contributed by atoms with van der Waals surface area (Å²) >= 11 is -9.22. The third-order valence-corrected chi connectivity index (χ3v) is 40.2. The average molecular weight is 985 g/mol. The van der Waals surface area contributed by atoms with Gasteiger partial charge >= 0.3 is 348 Å². The van der Waals surface area contributed by atoms with E-state index in [1.165, 1.54) is 57.8 Å². The molecule has 0 rings (SSSR count). The molecule has 322 valence electrons. The van der Waals surface area contributed by atoms with Crippen LogP contribution in [0.4, 0.5) is 9.59 Å². The number of hydrogen-bond donors (Lipinski definition) is 0. The molecule has 0 bridgehead atoms. The molecule has 0 aliphatic carbocycles. The van der Waals surface area contributed by atoms with Crippen LogP contribution < -0.4 is 0 Å². The average Bonchev–Trinajstić information content (AvgIpc) is 3.17. The Morgan fingerprint density at radius 3 is 1.13 bits per heavy atom. The molecule has 54 heavy (non-hydrogen) atoms. The molecule has 8 nitrogen and oxygen atoms in total. The van der Waals surface area contributed by atoms with Gasteiger partial charge in [-0.2, -0.15) is 0 Å². The van der Waals surface area contributed by atoms with E-state index in [9.17, 15) is 9.59 Å². The Morgan fingerprint density at radius 1 is 0.407 bits per heavy atom. The van der Waals surface area contributed by atoms with Gasteiger partial charge in [-0.15, -0.1) is 0 Å². The maximum absolute atomic E-state index is 13.8. The first-order chi connectivity index (χ1) is 26.2. The second kappa shape index (κ2) is 36.2. The van der Waals surface area contributed by atoms with E-state index in [2.05, 4.69) is 62.3 Å². The van der Waals surface area contributed by atoms with Crippen LogP contribution in [0.1, 0.15) is 216 Å². The second-order valence-corrected chi connectivity index (χ2v) is 35.8. The normalized spacial score (nSPS) is 13.1. The Balaban J connectivity index is 6.99. The fraction of sp³-hybridized carbons (Fsp3) is 0.955. The third-order valence-electron chi connectivity index (χ3n) is 11.4. The van der Waals surface area contributed by atoms with Gasteiger partial charge in [0.1, 0.15) is 0 Å². The van der Waals surface area contributed by atoms with Crippen molar-refractivity contribution in [1.82, 2.24) is 0 Å². The molecule has 0 heterocycles. The van der Waals surface area contributed by atoms with Gasteiger partial charge in [-0.1, -0.05) is 0 Å². The molecule has 0 aliphatic heterocycles. The SMILES string of the molecule is CCCCCCC[CH2][Sn]([CH2]CCCCCCC)([O]C(=O)OCC(CC)CC)[O][Sn]([CH2]CCCCCCC)([O]CC(CC)CC)[O]C(=O)OCC(CC)CC. The molecular formula is C44H90O8Sn2. The van der Waals surface area contributed by atoms with E-state index in [1.807, 2.05) is 0 Å². The molecule has 0 amide bonds. The summed E-state index contributed by atoms with van der Waals surface area (Å²) in [5.74, 6) is 0.896. The van der Waals surface area contributed by atoms with E-state index < -0.39 is 51.1 Å². The van der Waals surface area contributed by atoms with Crippen molar-refractivity contribution in [2.45, 2.75) is 230 Å². The zero-order chi connectivity index (χ0) is 40.3. The van der Waals surface area contributed by atoms with Gasteiger partial charge in [-0.25, -0.2) is 0 Å². The van der Waals surface area contributed by atoms with Gasteiger partial charge < -0.3 is 0 Å². The maximum atomic E-state index is 13.8. The predicted octanol–water partition coefficient (Wildman–Crippen LogP) is 15.1. The number of hydrogen-bond acceptors (Lipinski definition) is 8. The van der Waals surface area contributed by atoms with Gasteiger partial charge in [0, 0.05) is 0 Å². The zero-order valence-corrected chi connectivity index (χ0v) is 42.9. The van der Waals surface area contributed by atoms with Crippen molar-refractivity contribution < 1.29 is 29.7 Å². The van der Waals surface area contributed by atoms with Crippen LogP contribution in [0.3, 0.4) is 0 Å². The molecule has 10 heteroatoms. The summed E-state index contributed by atoms with van der Waals surface area (Å²) in [4.78, 5) is 27.6. The van der Waals surface area contributed by atoms with Gasteiger partial charge in [-0.3, -0.25) is 0 Å². The molecule has 1 unspecified atom stereocenters. The summed E-state index contributed by atoms with van der Waals surface area (Å²) in [6.45, 7) is 20.8. The van der Waals surface area contributed by atoms with Crippen molar-refractivity contribution >= 4 is 51.1 Å². The van der Waals surface area contributed by atoms with Gasteiger partial charge in [0.25, 0.3) is 0 Å². The molecule has 0 aliphatic rings. The van der Waals surface area contributed by atoms with E-state index in [-0.39, 0.29) is 5.92 Å². The molecule has 0 aromatic rings. The van der Waals surface area contributed by atoms with Crippen molar-refractivity contribution in [3.05, 3.63) is 0 Å². The number of carbonyl (C=O) groups excluding carboxylic acids is 2. The topological polar surface area (TPSA) is 89.5 Å². The Bertz CT molecular complexity index is 850. The van der Waals surface area contributed by atoms with Crippen molar-refractivity contribution in [3.8, 4) is 0 Å². The van der Waals surface area contributed by atoms with Crippen molar-refractivity contribution in [3.63, 3.8) is 0 Å². The van der Waals surface area contributed by atoms with Gasteiger partial charge in [-0.05, 0) is 0 Å². The van der Waals surface area contributed by atoms with Crippen LogP contribution in [0.5, 0.6) is 0 Å². The minimum absolute atomic E-state index is 0.277. The fourth-order valence-corrected chi connectivity index (χ4v) is 41.2. The first kappa shape index (κ1) is 54.1. The summed E-state index contributed by atoms with van der Waals surface area (Å²) in [6, 6.07) is 0. The van der Waals surface area contributed by atoms with E-state index in [4.69, 9.17) is 20.1 Å². The van der Waals surface area contributed by atoms with Crippen molar-refractivity contribution in [2.75, 3.05) is 19.8 Å². The van der Waals surface area contributed by atoms with E-state index in [0.29, 0.717) is 36.1 Å². The van der Waals surface area contributed by atoms with Gasteiger partial charge in [0.05, 0.1) is 0 Å². The molecule has 1 atom stereocenters. The van der Waals surface area contributed by atoms with Crippen LogP contribution in [0.15, 0.2) is 0 Å². The van der Waals surface area contributed by atoms with Crippen LogP contribution >= 0.6 is 0 Å². The fourth-order valence-electron chi connectivity index (χ4n) is 6.89. The van der Waals surface area contributed by atoms with Crippen LogP contribution in [0.2, 0.25) is 13.3 Å². The molecule has 0 N–H and O–H groups in total. The van der Waals surface area contributed by atoms with Gasteiger partial charge in [0.2, 0.25) is 0 Å². The number of carbonyl (C=O) groups is 2. The summed E-state index contributed by atoms with van der Waals surface area (Å²) in [5.41, 5.74) is 0. The molecule has 0 radical (unpaired) electrons. The molecular weight excluding hydrogens is 894 g/mol. The van der Waals surface area contributed by atoms with Crippen LogP contribution in [0.25, 0.3) is 0 Å². The number of unbranched alkanes of at least 4 members (excludes halogenated alkanes) is 15. The monoisotopic (exact) mass is 986 g/mol. The van der Waals surface area contributed by atoms with Crippen molar-refractivity contribution in [2.24, 2.45) is 17.8 Å². The first-order valence-corrected chi connectivity index (χ1v) is 35.1. The Hall–Kier alpha value is 0.0574. The van der Waals surface area contributed by atoms with Crippen LogP contribution in [-0.4, -0.2) is 71.0 Å². The van der Waals surface area contributed by atoms with E-state index >= 15 is 0 Å². The summed E-state index contributed by atoms with van der Waals surface area (Å²) in [6.07, 6.45) is 24.6. The molecule has 0 aromatic heterocycles. The standard InChI is InChI=1S/3C8H17.2C7H14O3.C6H13O.O.2Sn/c3*1-3-5-7-8-6-4-2;2*1-3-6(4-2)5-10-7(8)9;1-3-6(4-2)5-7;;;/h3*1,3-8H2,2H3;2*6H,3-5H2,1-2H3,(H,8,9);6H,3-5H2,1-2H3;;;/q;;;;;-1;;+1;+2/p-2. The Morgan fingerprint density at radius 2 is 0.741 bits per heavy atom. The Labute approximate surface area is 345 Å².